The third-order valence-corrected chi connectivity index (χ3v) is 6.64. The number of aromatic carboxylic acids is 1. The monoisotopic (exact) mass is 515 g/mol. The number of rotatable bonds is 7. The molecular formula is C31H21N3O5. The van der Waals surface area contributed by atoms with Gasteiger partial charge in [-0.2, -0.15) is 0 Å². The zero-order chi connectivity index (χ0) is 26.9. The first-order chi connectivity index (χ1) is 19.0. The molecule has 39 heavy (non-hydrogen) atoms. The van der Waals surface area contributed by atoms with E-state index in [0.29, 0.717) is 27.9 Å². The van der Waals surface area contributed by atoms with Gasteiger partial charge in [0.25, 0.3) is 5.91 Å². The van der Waals surface area contributed by atoms with Gasteiger partial charge in [0.1, 0.15) is 12.0 Å². The summed E-state index contributed by atoms with van der Waals surface area (Å²) in [5.74, 6) is -1.63. The average Bonchev–Trinajstić information content (AvgIpc) is 3.66. The second kappa shape index (κ2) is 9.75. The fraction of sp³-hybridized carbons (Fsp3) is 0.0323. The second-order valence-electron chi connectivity index (χ2n) is 9.10. The Hall–Kier alpha value is -5.50. The number of hydrogen-bond donors (Lipinski definition) is 2. The number of ketones is 1. The minimum atomic E-state index is -1.02. The summed E-state index contributed by atoms with van der Waals surface area (Å²) >= 11 is 0. The van der Waals surface area contributed by atoms with Crippen molar-refractivity contribution in [2.75, 3.05) is 0 Å². The Kier molecular flexibility index (Phi) is 5.97. The summed E-state index contributed by atoms with van der Waals surface area (Å²) in [5, 5.41) is 17.8. The molecule has 0 aliphatic carbocycles. The molecule has 2 N–H and O–H groups in total. The van der Waals surface area contributed by atoms with Crippen molar-refractivity contribution in [3.63, 3.8) is 0 Å². The predicted octanol–water partition coefficient (Wildman–Crippen LogP) is 5.61. The third kappa shape index (κ3) is 4.55. The van der Waals surface area contributed by atoms with Gasteiger partial charge in [0, 0.05) is 23.2 Å². The van der Waals surface area contributed by atoms with Crippen molar-refractivity contribution >= 4 is 33.9 Å². The Morgan fingerprint density at radius 2 is 1.56 bits per heavy atom. The largest absolute Gasteiger partial charge is 0.478 e. The number of hydrogen-bond acceptors (Lipinski definition) is 5. The first-order valence-electron chi connectivity index (χ1n) is 12.2. The van der Waals surface area contributed by atoms with Crippen LogP contribution >= 0.6 is 0 Å². The van der Waals surface area contributed by atoms with Crippen molar-refractivity contribution < 1.29 is 24.0 Å². The molecule has 3 heterocycles. The van der Waals surface area contributed by atoms with Crippen LogP contribution in [0.4, 0.5) is 0 Å². The van der Waals surface area contributed by atoms with Crippen molar-refractivity contribution in [1.82, 2.24) is 14.9 Å². The van der Waals surface area contributed by atoms with E-state index >= 15 is 0 Å². The zero-order valence-electron chi connectivity index (χ0n) is 20.5. The summed E-state index contributed by atoms with van der Waals surface area (Å²) in [5.41, 5.74) is 4.10. The number of nitrogens with zero attached hydrogens (tertiary/aromatic N) is 2. The number of amides is 1. The van der Waals surface area contributed by atoms with Crippen LogP contribution < -0.4 is 5.32 Å². The maximum atomic E-state index is 13.7. The molecule has 8 heteroatoms. The highest BCUT2D eigenvalue weighted by Gasteiger charge is 2.21. The van der Waals surface area contributed by atoms with E-state index in [1.165, 1.54) is 18.4 Å². The van der Waals surface area contributed by atoms with Crippen LogP contribution in [-0.2, 0) is 6.54 Å². The van der Waals surface area contributed by atoms with Gasteiger partial charge in [0.05, 0.1) is 17.5 Å². The summed E-state index contributed by atoms with van der Waals surface area (Å²) in [6, 6.07) is 26.7. The lowest BCUT2D eigenvalue weighted by molar-refractivity contribution is 0.0696. The minimum absolute atomic E-state index is 0.164. The molecule has 3 aromatic heterocycles. The molecule has 0 aliphatic heterocycles. The number of nitrogens with one attached hydrogen (secondary N) is 1. The molecule has 0 aliphatic rings. The van der Waals surface area contributed by atoms with Crippen LogP contribution in [0.2, 0.25) is 0 Å². The molecule has 8 nitrogen and oxygen atoms in total. The van der Waals surface area contributed by atoms with E-state index in [1.807, 2.05) is 42.5 Å². The molecule has 1 amide bonds. The topological polar surface area (TPSA) is 114 Å². The molecule has 0 bridgehead atoms. The number of aromatic nitrogens is 2. The standard InChI is InChI=1S/C31H21N3O5/c35-29(23-10-9-20-3-1-2-4-22(20)13-23)27-12-11-26-14-24(25-17-33-39-18-25)15-28(34(26)27)30(36)32-16-19-5-7-21(8-6-19)31(37)38/h1-15,17-18H,16H2,(H,32,36)(H,37,38). The quantitative estimate of drug-likeness (QED) is 0.267. The molecule has 0 spiro atoms. The van der Waals surface area contributed by atoms with Gasteiger partial charge in [0.2, 0.25) is 5.78 Å². The Labute approximate surface area is 222 Å². The maximum Gasteiger partial charge on any atom is 0.335 e. The van der Waals surface area contributed by atoms with Crippen molar-refractivity contribution in [2.24, 2.45) is 0 Å². The Morgan fingerprint density at radius 1 is 0.795 bits per heavy atom. The van der Waals surface area contributed by atoms with Gasteiger partial charge < -0.3 is 19.3 Å². The molecule has 0 saturated heterocycles. The zero-order valence-corrected chi connectivity index (χ0v) is 20.5. The average molecular weight is 516 g/mol. The van der Waals surface area contributed by atoms with Gasteiger partial charge in [0.15, 0.2) is 0 Å². The Bertz CT molecular complexity index is 1870. The minimum Gasteiger partial charge on any atom is -0.478 e. The van der Waals surface area contributed by atoms with Gasteiger partial charge >= 0.3 is 5.97 Å². The van der Waals surface area contributed by atoms with E-state index in [1.54, 1.807) is 47.0 Å². The molecule has 0 radical (unpaired) electrons. The van der Waals surface area contributed by atoms with Crippen LogP contribution in [-0.4, -0.2) is 32.3 Å². The number of fused-ring (bicyclic) bond motifs is 2. The van der Waals surface area contributed by atoms with Crippen molar-refractivity contribution in [3.05, 3.63) is 132 Å². The number of carboxylic acid groups (broad SMARTS) is 1. The fourth-order valence-corrected chi connectivity index (χ4v) is 4.62. The van der Waals surface area contributed by atoms with E-state index < -0.39 is 11.9 Å². The number of carboxylic acids is 1. The predicted molar refractivity (Wildman–Crippen MR) is 145 cm³/mol. The van der Waals surface area contributed by atoms with Gasteiger partial charge in [-0.15, -0.1) is 0 Å². The molecule has 6 aromatic rings. The van der Waals surface area contributed by atoms with Crippen molar-refractivity contribution in [2.45, 2.75) is 6.54 Å². The van der Waals surface area contributed by atoms with Crippen LogP contribution in [0.1, 0.15) is 42.5 Å². The summed E-state index contributed by atoms with van der Waals surface area (Å²) in [6.45, 7) is 0.174. The fourth-order valence-electron chi connectivity index (χ4n) is 4.62. The van der Waals surface area contributed by atoms with E-state index in [2.05, 4.69) is 10.5 Å². The van der Waals surface area contributed by atoms with Crippen LogP contribution in [0.25, 0.3) is 27.4 Å². The van der Waals surface area contributed by atoms with Gasteiger partial charge in [-0.3, -0.25) is 9.59 Å². The van der Waals surface area contributed by atoms with Crippen molar-refractivity contribution in [1.29, 1.82) is 0 Å². The molecule has 0 unspecified atom stereocenters. The highest BCUT2D eigenvalue weighted by atomic mass is 16.5. The van der Waals surface area contributed by atoms with E-state index in [9.17, 15) is 14.4 Å². The SMILES string of the molecule is O=C(O)c1ccc(CNC(=O)c2cc(-c3cnoc3)cc3ccc(C(=O)c4ccc5ccccc5c4)n23)cc1. The number of pyridine rings is 1. The second-order valence-corrected chi connectivity index (χ2v) is 9.10. The van der Waals surface area contributed by atoms with Gasteiger partial charge in [-0.1, -0.05) is 53.7 Å². The third-order valence-electron chi connectivity index (χ3n) is 6.64. The summed E-state index contributed by atoms with van der Waals surface area (Å²) in [4.78, 5) is 38.4. The first-order valence-corrected chi connectivity index (χ1v) is 12.2. The van der Waals surface area contributed by atoms with Crippen LogP contribution in [0, 0.1) is 0 Å². The Balaban J connectivity index is 1.39. The summed E-state index contributed by atoms with van der Waals surface area (Å²) in [7, 11) is 0. The number of carbonyl (C=O) groups excluding carboxylic acids is 2. The van der Waals surface area contributed by atoms with E-state index in [4.69, 9.17) is 9.63 Å². The highest BCUT2D eigenvalue weighted by Crippen LogP contribution is 2.27. The highest BCUT2D eigenvalue weighted by molar-refractivity contribution is 6.11. The lowest BCUT2D eigenvalue weighted by Crippen LogP contribution is -2.26. The van der Waals surface area contributed by atoms with Gasteiger partial charge in [-0.25, -0.2) is 4.79 Å². The Morgan fingerprint density at radius 3 is 2.31 bits per heavy atom. The van der Waals surface area contributed by atoms with E-state index in [-0.39, 0.29) is 23.6 Å². The molecular weight excluding hydrogens is 494 g/mol. The molecule has 0 saturated carbocycles. The first kappa shape index (κ1) is 23.9. The normalized spacial score (nSPS) is 11.1. The molecule has 6 rings (SSSR count). The number of carbonyl (C=O) groups is 3. The summed E-state index contributed by atoms with van der Waals surface area (Å²) < 4.78 is 6.65. The molecule has 0 atom stereocenters. The smallest absolute Gasteiger partial charge is 0.335 e. The molecule has 3 aromatic carbocycles. The van der Waals surface area contributed by atoms with Crippen LogP contribution in [0.15, 0.2) is 108 Å². The van der Waals surface area contributed by atoms with Crippen molar-refractivity contribution in [3.8, 4) is 11.1 Å². The van der Waals surface area contributed by atoms with Crippen LogP contribution in [0.5, 0.6) is 0 Å². The van der Waals surface area contributed by atoms with Crippen LogP contribution in [0.3, 0.4) is 0 Å². The van der Waals surface area contributed by atoms with E-state index in [0.717, 1.165) is 16.3 Å². The van der Waals surface area contributed by atoms with Gasteiger partial charge in [-0.05, 0) is 64.4 Å². The molecule has 0 fully saturated rings. The lowest BCUT2D eigenvalue weighted by atomic mass is 10.0. The maximum absolute atomic E-state index is 13.7. The molecule has 190 valence electrons. The number of benzene rings is 3. The summed E-state index contributed by atoms with van der Waals surface area (Å²) in [6.07, 6.45) is 3.04. The lowest BCUT2D eigenvalue weighted by Gasteiger charge is -2.13.